The molecule has 0 radical (unpaired) electrons. The van der Waals surface area contributed by atoms with Crippen molar-refractivity contribution in [2.75, 3.05) is 44.2 Å². The van der Waals surface area contributed by atoms with Gasteiger partial charge in [0.2, 0.25) is 0 Å². The first-order chi connectivity index (χ1) is 7.99. The second-order valence-electron chi connectivity index (χ2n) is 5.31. The molecule has 0 aromatic carbocycles. The normalized spacial score (nSPS) is 29.4. The molecule has 0 aliphatic carbocycles. The molecule has 2 aliphatic heterocycles. The molecule has 1 unspecified atom stereocenters. The summed E-state index contributed by atoms with van der Waals surface area (Å²) >= 11 is 0. The molecule has 0 bridgehead atoms. The van der Waals surface area contributed by atoms with Crippen LogP contribution in [-0.2, 0) is 10.8 Å². The summed E-state index contributed by atoms with van der Waals surface area (Å²) in [7, 11) is -0.677. The molecule has 6 heteroatoms. The summed E-state index contributed by atoms with van der Waals surface area (Å²) in [6.07, 6.45) is 0. The molecule has 2 saturated heterocycles. The zero-order valence-corrected chi connectivity index (χ0v) is 11.4. The Morgan fingerprint density at radius 3 is 2.71 bits per heavy atom. The second kappa shape index (κ2) is 4.94. The van der Waals surface area contributed by atoms with Crippen LogP contribution in [0.3, 0.4) is 0 Å². The van der Waals surface area contributed by atoms with Crippen molar-refractivity contribution in [2.45, 2.75) is 19.4 Å². The first kappa shape index (κ1) is 12.8. The van der Waals surface area contributed by atoms with Gasteiger partial charge in [0, 0.05) is 60.6 Å². The summed E-state index contributed by atoms with van der Waals surface area (Å²) in [6.45, 7) is 8.34. The van der Waals surface area contributed by atoms with Crippen molar-refractivity contribution in [1.29, 1.82) is 0 Å². The van der Waals surface area contributed by atoms with E-state index >= 15 is 0 Å². The van der Waals surface area contributed by atoms with Crippen molar-refractivity contribution in [3.63, 3.8) is 0 Å². The van der Waals surface area contributed by atoms with Gasteiger partial charge >= 0.3 is 6.03 Å². The van der Waals surface area contributed by atoms with Crippen LogP contribution in [0.1, 0.15) is 13.8 Å². The van der Waals surface area contributed by atoms with E-state index in [1.165, 1.54) is 0 Å². The zero-order valence-electron chi connectivity index (χ0n) is 10.6. The molecule has 2 amide bonds. The van der Waals surface area contributed by atoms with Crippen molar-refractivity contribution in [1.82, 2.24) is 15.1 Å². The van der Waals surface area contributed by atoms with Gasteiger partial charge in [0.05, 0.1) is 0 Å². The van der Waals surface area contributed by atoms with E-state index in [1.807, 2.05) is 4.90 Å². The molecule has 1 atom stereocenters. The fourth-order valence-corrected chi connectivity index (χ4v) is 3.99. The van der Waals surface area contributed by atoms with E-state index < -0.39 is 10.8 Å². The molecule has 17 heavy (non-hydrogen) atoms. The average molecular weight is 259 g/mol. The van der Waals surface area contributed by atoms with Gasteiger partial charge in [-0.15, -0.1) is 0 Å². The molecule has 98 valence electrons. The lowest BCUT2D eigenvalue weighted by Crippen LogP contribution is -2.55. The van der Waals surface area contributed by atoms with E-state index in [-0.39, 0.29) is 11.6 Å². The van der Waals surface area contributed by atoms with Crippen molar-refractivity contribution in [3.8, 4) is 0 Å². The standard InChI is InChI=1S/C11H21N3O2S/c1-11(2)9-17(16)8-7-14(11)6-5-13-4-3-12-10(13)15/h3-9H2,1-2H3,(H,12,15). The number of carbonyl (C=O) groups is 1. The van der Waals surface area contributed by atoms with Gasteiger partial charge in [-0.25, -0.2) is 4.79 Å². The summed E-state index contributed by atoms with van der Waals surface area (Å²) in [4.78, 5) is 15.6. The fourth-order valence-electron chi connectivity index (χ4n) is 2.45. The maximum absolute atomic E-state index is 11.5. The van der Waals surface area contributed by atoms with Gasteiger partial charge in [-0.05, 0) is 13.8 Å². The van der Waals surface area contributed by atoms with Crippen molar-refractivity contribution >= 4 is 16.8 Å². The smallest absolute Gasteiger partial charge is 0.317 e. The predicted molar refractivity (Wildman–Crippen MR) is 68.5 cm³/mol. The van der Waals surface area contributed by atoms with Crippen molar-refractivity contribution < 1.29 is 9.00 Å². The van der Waals surface area contributed by atoms with Crippen LogP contribution in [-0.4, -0.2) is 69.8 Å². The van der Waals surface area contributed by atoms with Crippen LogP contribution < -0.4 is 5.32 Å². The molecule has 2 fully saturated rings. The van der Waals surface area contributed by atoms with Crippen LogP contribution in [0.25, 0.3) is 0 Å². The number of nitrogens with one attached hydrogen (secondary N) is 1. The Kier molecular flexibility index (Phi) is 3.73. The SMILES string of the molecule is CC1(C)CS(=O)CCN1CCN1CCNC1=O. The zero-order chi connectivity index (χ0) is 12.5. The Morgan fingerprint density at radius 1 is 1.35 bits per heavy atom. The summed E-state index contributed by atoms with van der Waals surface area (Å²) < 4.78 is 11.5. The van der Waals surface area contributed by atoms with Gasteiger partial charge in [-0.1, -0.05) is 0 Å². The van der Waals surface area contributed by atoms with Crippen molar-refractivity contribution in [2.24, 2.45) is 0 Å². The third-order valence-electron chi connectivity index (χ3n) is 3.54. The second-order valence-corrected chi connectivity index (χ2v) is 6.88. The number of hydrogen-bond donors (Lipinski definition) is 1. The van der Waals surface area contributed by atoms with E-state index in [9.17, 15) is 9.00 Å². The van der Waals surface area contributed by atoms with Gasteiger partial charge in [-0.3, -0.25) is 9.11 Å². The molecular formula is C11H21N3O2S. The van der Waals surface area contributed by atoms with Crippen LogP contribution in [0.4, 0.5) is 4.79 Å². The minimum atomic E-state index is -0.677. The van der Waals surface area contributed by atoms with Gasteiger partial charge in [0.1, 0.15) is 0 Å². The summed E-state index contributed by atoms with van der Waals surface area (Å²) in [5.74, 6) is 1.49. The van der Waals surface area contributed by atoms with Crippen LogP contribution in [0.2, 0.25) is 0 Å². The summed E-state index contributed by atoms with van der Waals surface area (Å²) in [5.41, 5.74) is -0.0146. The molecule has 0 aromatic rings. The minimum absolute atomic E-state index is 0.0146. The number of carbonyl (C=O) groups excluding carboxylic acids is 1. The third kappa shape index (κ3) is 2.98. The van der Waals surface area contributed by atoms with E-state index in [1.54, 1.807) is 0 Å². The number of amides is 2. The molecule has 2 aliphatic rings. The van der Waals surface area contributed by atoms with Crippen LogP contribution in [0.15, 0.2) is 0 Å². The number of urea groups is 1. The highest BCUT2D eigenvalue weighted by atomic mass is 32.2. The van der Waals surface area contributed by atoms with Gasteiger partial charge in [0.25, 0.3) is 0 Å². The van der Waals surface area contributed by atoms with E-state index in [2.05, 4.69) is 24.1 Å². The lowest BCUT2D eigenvalue weighted by molar-refractivity contribution is 0.128. The molecule has 2 heterocycles. The quantitative estimate of drug-likeness (QED) is 0.767. The highest BCUT2D eigenvalue weighted by Gasteiger charge is 2.33. The van der Waals surface area contributed by atoms with Crippen molar-refractivity contribution in [3.05, 3.63) is 0 Å². The Bertz CT molecular complexity index is 333. The number of nitrogens with zero attached hydrogens (tertiary/aromatic N) is 2. The maximum atomic E-state index is 11.5. The highest BCUT2D eigenvalue weighted by molar-refractivity contribution is 7.85. The van der Waals surface area contributed by atoms with Gasteiger partial charge in [-0.2, -0.15) is 0 Å². The van der Waals surface area contributed by atoms with Gasteiger partial charge in [0.15, 0.2) is 0 Å². The lowest BCUT2D eigenvalue weighted by Gasteiger charge is -2.42. The van der Waals surface area contributed by atoms with E-state index in [4.69, 9.17) is 0 Å². The molecule has 0 aromatic heterocycles. The molecule has 5 nitrogen and oxygen atoms in total. The third-order valence-corrected chi connectivity index (χ3v) is 5.21. The maximum Gasteiger partial charge on any atom is 0.317 e. The molecule has 0 spiro atoms. The molecular weight excluding hydrogens is 238 g/mol. The number of rotatable bonds is 3. The van der Waals surface area contributed by atoms with Crippen LogP contribution in [0.5, 0.6) is 0 Å². The first-order valence-electron chi connectivity index (χ1n) is 6.12. The summed E-state index contributed by atoms with van der Waals surface area (Å²) in [5, 5.41) is 2.80. The first-order valence-corrected chi connectivity index (χ1v) is 7.61. The monoisotopic (exact) mass is 259 g/mol. The Morgan fingerprint density at radius 2 is 2.12 bits per heavy atom. The largest absolute Gasteiger partial charge is 0.336 e. The molecule has 2 rings (SSSR count). The lowest BCUT2D eigenvalue weighted by atomic mass is 10.1. The highest BCUT2D eigenvalue weighted by Crippen LogP contribution is 2.20. The molecule has 0 saturated carbocycles. The Balaban J connectivity index is 1.86. The Hall–Kier alpha value is -0.620. The average Bonchev–Trinajstić information content (AvgIpc) is 2.62. The van der Waals surface area contributed by atoms with E-state index in [0.717, 1.165) is 44.2 Å². The van der Waals surface area contributed by atoms with Crippen LogP contribution in [0, 0.1) is 0 Å². The fraction of sp³-hybridized carbons (Fsp3) is 0.909. The minimum Gasteiger partial charge on any atom is -0.336 e. The topological polar surface area (TPSA) is 52.7 Å². The molecule has 1 N–H and O–H groups in total. The van der Waals surface area contributed by atoms with Crippen LogP contribution >= 0.6 is 0 Å². The van der Waals surface area contributed by atoms with E-state index in [0.29, 0.717) is 0 Å². The summed E-state index contributed by atoms with van der Waals surface area (Å²) in [6, 6.07) is 0.0448. The van der Waals surface area contributed by atoms with Gasteiger partial charge < -0.3 is 10.2 Å². The number of hydrogen-bond acceptors (Lipinski definition) is 3. The Labute approximate surface area is 105 Å². The predicted octanol–water partition coefficient (Wildman–Crippen LogP) is -0.145.